The van der Waals surface area contributed by atoms with E-state index >= 15 is 0 Å². The Kier molecular flexibility index (Phi) is 5.91. The lowest BCUT2D eigenvalue weighted by atomic mass is 10.2. The zero-order valence-corrected chi connectivity index (χ0v) is 15.4. The second-order valence-corrected chi connectivity index (χ2v) is 6.64. The summed E-state index contributed by atoms with van der Waals surface area (Å²) in [4.78, 5) is 11.1. The molecule has 1 saturated heterocycles. The minimum Gasteiger partial charge on any atom is -0.493 e. The van der Waals surface area contributed by atoms with Crippen molar-refractivity contribution in [2.24, 2.45) is 10.2 Å². The van der Waals surface area contributed by atoms with Crippen LogP contribution in [0.2, 0.25) is 0 Å². The first-order valence-electron chi connectivity index (χ1n) is 8.04. The van der Waals surface area contributed by atoms with E-state index in [9.17, 15) is 4.79 Å². The predicted molar refractivity (Wildman–Crippen MR) is 104 cm³/mol. The van der Waals surface area contributed by atoms with E-state index in [1.165, 1.54) is 17.3 Å². The number of amides is 1. The number of nitrogens with one attached hydrogen (secondary N) is 1. The highest BCUT2D eigenvalue weighted by Crippen LogP contribution is 2.28. The van der Waals surface area contributed by atoms with Gasteiger partial charge in [-0.05, 0) is 36.2 Å². The lowest BCUT2D eigenvalue weighted by Gasteiger charge is -2.11. The van der Waals surface area contributed by atoms with Gasteiger partial charge in [-0.15, -0.1) is 5.10 Å². The summed E-state index contributed by atoms with van der Waals surface area (Å²) in [5.74, 6) is 1.61. The van der Waals surface area contributed by atoms with Crippen molar-refractivity contribution in [1.29, 1.82) is 0 Å². The van der Waals surface area contributed by atoms with E-state index in [-0.39, 0.29) is 5.91 Å². The SMILES string of the molecule is COc1cc(/C=N/N=C2\NC(=O)CS2)ccc1OCc1ccc(C)cc1. The van der Waals surface area contributed by atoms with E-state index in [0.717, 1.165) is 11.1 Å². The van der Waals surface area contributed by atoms with Crippen LogP contribution in [0.3, 0.4) is 0 Å². The Bertz CT molecular complexity index is 848. The number of hydrogen-bond donors (Lipinski definition) is 1. The second-order valence-electron chi connectivity index (χ2n) is 5.67. The molecule has 0 radical (unpaired) electrons. The van der Waals surface area contributed by atoms with Gasteiger partial charge in [0.25, 0.3) is 0 Å². The van der Waals surface area contributed by atoms with Gasteiger partial charge in [0.05, 0.1) is 19.1 Å². The Labute approximate surface area is 156 Å². The zero-order chi connectivity index (χ0) is 18.4. The smallest absolute Gasteiger partial charge is 0.236 e. The summed E-state index contributed by atoms with van der Waals surface area (Å²) in [6.07, 6.45) is 1.60. The third kappa shape index (κ3) is 4.86. The third-order valence-electron chi connectivity index (χ3n) is 3.64. The first-order chi connectivity index (χ1) is 12.6. The number of ether oxygens (including phenoxy) is 2. The van der Waals surface area contributed by atoms with Crippen molar-refractivity contribution in [3.8, 4) is 11.5 Å². The van der Waals surface area contributed by atoms with Gasteiger partial charge in [-0.25, -0.2) is 0 Å². The highest BCUT2D eigenvalue weighted by molar-refractivity contribution is 8.15. The van der Waals surface area contributed by atoms with Crippen molar-refractivity contribution in [3.05, 3.63) is 59.2 Å². The molecule has 0 saturated carbocycles. The molecule has 1 aliphatic rings. The summed E-state index contributed by atoms with van der Waals surface area (Å²) in [5.41, 5.74) is 3.13. The van der Waals surface area contributed by atoms with Crippen LogP contribution < -0.4 is 14.8 Å². The molecule has 1 fully saturated rings. The van der Waals surface area contributed by atoms with Gasteiger partial charge in [0.15, 0.2) is 16.7 Å². The van der Waals surface area contributed by atoms with Crippen LogP contribution in [-0.4, -0.2) is 30.2 Å². The molecular weight excluding hydrogens is 350 g/mol. The molecule has 3 rings (SSSR count). The minimum absolute atomic E-state index is 0.0549. The average Bonchev–Trinajstić information content (AvgIpc) is 3.07. The fourth-order valence-electron chi connectivity index (χ4n) is 2.26. The summed E-state index contributed by atoms with van der Waals surface area (Å²) >= 11 is 1.33. The normalized spacial score (nSPS) is 15.5. The molecule has 0 atom stereocenters. The molecular formula is C19H19N3O3S. The summed E-state index contributed by atoms with van der Waals surface area (Å²) in [6, 6.07) is 13.7. The van der Waals surface area contributed by atoms with Gasteiger partial charge in [-0.2, -0.15) is 5.10 Å². The lowest BCUT2D eigenvalue weighted by Crippen LogP contribution is -2.19. The van der Waals surface area contributed by atoms with Crippen molar-refractivity contribution >= 4 is 29.1 Å². The largest absolute Gasteiger partial charge is 0.493 e. The molecule has 2 aromatic rings. The van der Waals surface area contributed by atoms with Crippen LogP contribution in [0.1, 0.15) is 16.7 Å². The van der Waals surface area contributed by atoms with Gasteiger partial charge in [-0.3, -0.25) is 4.79 Å². The molecule has 6 nitrogen and oxygen atoms in total. The molecule has 0 bridgehead atoms. The second kappa shape index (κ2) is 8.53. The lowest BCUT2D eigenvalue weighted by molar-refractivity contribution is -0.116. The molecule has 26 heavy (non-hydrogen) atoms. The molecule has 1 heterocycles. The minimum atomic E-state index is -0.0549. The molecule has 1 amide bonds. The fraction of sp³-hybridized carbons (Fsp3) is 0.211. The molecule has 1 N–H and O–H groups in total. The summed E-state index contributed by atoms with van der Waals surface area (Å²) < 4.78 is 11.3. The maximum absolute atomic E-state index is 11.1. The molecule has 0 aromatic heterocycles. The van der Waals surface area contributed by atoms with Crippen LogP contribution in [0.15, 0.2) is 52.7 Å². The van der Waals surface area contributed by atoms with Gasteiger partial charge in [0, 0.05) is 0 Å². The number of rotatable bonds is 6. The number of methoxy groups -OCH3 is 1. The number of amidine groups is 1. The van der Waals surface area contributed by atoms with Crippen LogP contribution in [0.4, 0.5) is 0 Å². The van der Waals surface area contributed by atoms with E-state index in [4.69, 9.17) is 9.47 Å². The Hall–Kier alpha value is -2.80. The van der Waals surface area contributed by atoms with Gasteiger partial charge in [-0.1, -0.05) is 41.6 Å². The van der Waals surface area contributed by atoms with Crippen LogP contribution in [0.5, 0.6) is 11.5 Å². The van der Waals surface area contributed by atoms with Crippen LogP contribution in [0, 0.1) is 6.92 Å². The number of carbonyl (C=O) groups is 1. The summed E-state index contributed by atoms with van der Waals surface area (Å²) in [5, 5.41) is 11.1. The fourth-order valence-corrected chi connectivity index (χ4v) is 2.89. The maximum Gasteiger partial charge on any atom is 0.236 e. The Balaban J connectivity index is 1.65. The van der Waals surface area contributed by atoms with E-state index in [2.05, 4.69) is 34.6 Å². The Morgan fingerprint density at radius 3 is 2.69 bits per heavy atom. The summed E-state index contributed by atoms with van der Waals surface area (Å²) in [6.45, 7) is 2.52. The van der Waals surface area contributed by atoms with Gasteiger partial charge >= 0.3 is 0 Å². The number of nitrogens with zero attached hydrogens (tertiary/aromatic N) is 2. The highest BCUT2D eigenvalue weighted by Gasteiger charge is 2.15. The molecule has 134 valence electrons. The molecule has 0 unspecified atom stereocenters. The monoisotopic (exact) mass is 369 g/mol. The van der Waals surface area contributed by atoms with Gasteiger partial charge in [0.1, 0.15) is 6.61 Å². The zero-order valence-electron chi connectivity index (χ0n) is 14.6. The van der Waals surface area contributed by atoms with Crippen molar-refractivity contribution in [3.63, 3.8) is 0 Å². The topological polar surface area (TPSA) is 72.3 Å². The van der Waals surface area contributed by atoms with Crippen molar-refractivity contribution in [2.75, 3.05) is 12.9 Å². The standard InChI is InChI=1S/C19H19N3O3S/c1-13-3-5-14(6-4-13)11-25-16-8-7-15(9-17(16)24-2)10-20-22-19-21-18(23)12-26-19/h3-10H,11-12H2,1-2H3,(H,21,22,23)/b20-10+. The number of aryl methyl sites for hydroxylation is 1. The molecule has 2 aromatic carbocycles. The van der Waals surface area contributed by atoms with Crippen LogP contribution >= 0.6 is 11.8 Å². The van der Waals surface area contributed by atoms with E-state index in [1.807, 2.05) is 30.3 Å². The Morgan fingerprint density at radius 2 is 2.00 bits per heavy atom. The van der Waals surface area contributed by atoms with Crippen molar-refractivity contribution in [2.45, 2.75) is 13.5 Å². The number of carbonyl (C=O) groups excluding carboxylic acids is 1. The number of benzene rings is 2. The van der Waals surface area contributed by atoms with Crippen LogP contribution in [0.25, 0.3) is 0 Å². The quantitative estimate of drug-likeness (QED) is 0.627. The van der Waals surface area contributed by atoms with Gasteiger partial charge in [0.2, 0.25) is 5.91 Å². The summed E-state index contributed by atoms with van der Waals surface area (Å²) in [7, 11) is 1.60. The number of thioether (sulfide) groups is 1. The Morgan fingerprint density at radius 1 is 1.19 bits per heavy atom. The molecule has 1 aliphatic heterocycles. The van der Waals surface area contributed by atoms with Gasteiger partial charge < -0.3 is 14.8 Å². The van der Waals surface area contributed by atoms with E-state index < -0.39 is 0 Å². The first kappa shape index (κ1) is 18.0. The molecule has 0 spiro atoms. The van der Waals surface area contributed by atoms with Crippen molar-refractivity contribution in [1.82, 2.24) is 5.32 Å². The van der Waals surface area contributed by atoms with E-state index in [1.54, 1.807) is 13.3 Å². The highest BCUT2D eigenvalue weighted by atomic mass is 32.2. The average molecular weight is 369 g/mol. The number of hydrogen-bond acceptors (Lipinski definition) is 6. The third-order valence-corrected chi connectivity index (χ3v) is 4.51. The van der Waals surface area contributed by atoms with E-state index in [0.29, 0.717) is 29.0 Å². The predicted octanol–water partition coefficient (Wildman–Crippen LogP) is 3.14. The maximum atomic E-state index is 11.1. The molecule has 7 heteroatoms. The first-order valence-corrected chi connectivity index (χ1v) is 9.02. The van der Waals surface area contributed by atoms with Crippen LogP contribution in [-0.2, 0) is 11.4 Å². The van der Waals surface area contributed by atoms with Crippen molar-refractivity contribution < 1.29 is 14.3 Å². The molecule has 0 aliphatic carbocycles.